The molecule has 2 aromatic rings. The third-order valence-electron chi connectivity index (χ3n) is 2.73. The molecule has 1 aliphatic rings. The van der Waals surface area contributed by atoms with E-state index in [1.807, 2.05) is 66.7 Å². The van der Waals surface area contributed by atoms with Gasteiger partial charge in [0.1, 0.15) is 0 Å². The molecule has 0 radical (unpaired) electrons. The minimum Gasteiger partial charge on any atom is -0.618 e. The average molecular weight is 268 g/mol. The number of allylic oxidation sites excluding steroid dienone is 1. The van der Waals surface area contributed by atoms with Gasteiger partial charge in [0.25, 0.3) is 5.78 Å². The van der Waals surface area contributed by atoms with Crippen molar-refractivity contribution in [2.75, 3.05) is 0 Å². The van der Waals surface area contributed by atoms with Gasteiger partial charge in [0.2, 0.25) is 0 Å². The molecule has 0 saturated carbocycles. The zero-order chi connectivity index (χ0) is 12.2. The maximum Gasteiger partial charge on any atom is 0.440 e. The Morgan fingerprint density at radius 3 is 2.00 bits per heavy atom. The summed E-state index contributed by atoms with van der Waals surface area (Å²) < 4.78 is 11.2. The summed E-state index contributed by atoms with van der Waals surface area (Å²) in [6, 6.07) is 20.2. The summed E-state index contributed by atoms with van der Waals surface area (Å²) in [5, 5.41) is 0. The van der Waals surface area contributed by atoms with E-state index in [-0.39, 0.29) is 7.43 Å². The Labute approximate surface area is 116 Å². The highest BCUT2D eigenvalue weighted by molar-refractivity contribution is 6.25. The number of hydrogen-bond acceptors (Lipinski definition) is 1. The highest BCUT2D eigenvalue weighted by Crippen LogP contribution is 2.19. The van der Waals surface area contributed by atoms with Gasteiger partial charge in [-0.25, -0.2) is 0 Å². The lowest BCUT2D eigenvalue weighted by Crippen LogP contribution is -2.10. The van der Waals surface area contributed by atoms with Gasteiger partial charge in [0.05, 0.1) is 17.4 Å². The van der Waals surface area contributed by atoms with Crippen LogP contribution in [0.5, 0.6) is 0 Å². The molecule has 0 fully saturated rings. The number of ketones is 1. The Hall–Kier alpha value is -2.13. The van der Waals surface area contributed by atoms with E-state index in [2.05, 4.69) is 0 Å². The monoisotopic (exact) mass is 268 g/mol. The second kappa shape index (κ2) is 6.16. The van der Waals surface area contributed by atoms with E-state index in [0.717, 1.165) is 22.7 Å². The van der Waals surface area contributed by atoms with Crippen LogP contribution < -0.4 is 0 Å². The van der Waals surface area contributed by atoms with Gasteiger partial charge in [-0.15, -0.1) is 0 Å². The molecule has 0 spiro atoms. The normalized spacial score (nSPS) is 13.3. The van der Waals surface area contributed by atoms with Crippen molar-refractivity contribution in [3.05, 3.63) is 77.9 Å². The van der Waals surface area contributed by atoms with E-state index < -0.39 is 10.0 Å². The van der Waals surface area contributed by atoms with Crippen LogP contribution in [0.4, 0.5) is 0 Å². The molecule has 1 heterocycles. The smallest absolute Gasteiger partial charge is 0.440 e. The SMILES string of the molecule is C.C1=C(c2ccccc2)O[SiH-][O+]=C1c1ccccc1. The molecule has 96 valence electrons. The molecule has 0 saturated heterocycles. The summed E-state index contributed by atoms with van der Waals surface area (Å²) >= 11 is 0. The van der Waals surface area contributed by atoms with Crippen molar-refractivity contribution >= 4 is 21.5 Å². The van der Waals surface area contributed by atoms with Gasteiger partial charge >= 0.3 is 10.0 Å². The Kier molecular flexibility index (Phi) is 4.31. The molecular weight excluding hydrogens is 252 g/mol. The van der Waals surface area contributed by atoms with Crippen molar-refractivity contribution in [3.63, 3.8) is 0 Å². The molecule has 2 aromatic carbocycles. The molecular formula is C16H16O2Si. The van der Waals surface area contributed by atoms with Crippen LogP contribution in [0.1, 0.15) is 22.7 Å². The van der Waals surface area contributed by atoms with Crippen LogP contribution in [0.15, 0.2) is 66.7 Å². The Bertz CT molecular complexity index is 589. The molecule has 1 aliphatic heterocycles. The van der Waals surface area contributed by atoms with E-state index in [4.69, 9.17) is 8.54 Å². The highest BCUT2D eigenvalue weighted by atomic mass is 28.2. The zero-order valence-electron chi connectivity index (χ0n) is 9.74. The second-order valence-electron chi connectivity index (χ2n) is 3.94. The van der Waals surface area contributed by atoms with Crippen LogP contribution in [0.25, 0.3) is 5.76 Å². The predicted molar refractivity (Wildman–Crippen MR) is 80.2 cm³/mol. The number of hydrogen-bond donors (Lipinski definition) is 0. The molecule has 0 unspecified atom stereocenters. The first-order valence-electron chi connectivity index (χ1n) is 5.78. The van der Waals surface area contributed by atoms with Gasteiger partial charge in [-0.05, 0) is 12.1 Å². The standard InChI is InChI=1S/C15H12O2Si.CH4/c1-3-7-12(8-4-1)14-11-15(17-18-16-14)13-9-5-2-6-10-13;/h1-11,18H;1H4. The summed E-state index contributed by atoms with van der Waals surface area (Å²) in [5.41, 5.74) is 2.17. The zero-order valence-corrected chi connectivity index (χ0v) is 10.9. The molecule has 0 aromatic heterocycles. The number of rotatable bonds is 2. The first-order chi connectivity index (χ1) is 8.93. The Morgan fingerprint density at radius 2 is 1.37 bits per heavy atom. The first-order valence-corrected chi connectivity index (χ1v) is 6.72. The van der Waals surface area contributed by atoms with Gasteiger partial charge in [0.15, 0.2) is 0 Å². The van der Waals surface area contributed by atoms with E-state index in [1.165, 1.54) is 0 Å². The van der Waals surface area contributed by atoms with Gasteiger partial charge < -0.3 is 8.54 Å². The second-order valence-corrected chi connectivity index (χ2v) is 4.60. The lowest BCUT2D eigenvalue weighted by Gasteiger charge is -2.15. The summed E-state index contributed by atoms with van der Waals surface area (Å²) in [7, 11) is -0.486. The minimum absolute atomic E-state index is 0. The summed E-state index contributed by atoms with van der Waals surface area (Å²) in [5.74, 6) is 1.77. The third kappa shape index (κ3) is 3.00. The minimum atomic E-state index is -0.486. The van der Waals surface area contributed by atoms with E-state index in [0.29, 0.717) is 0 Å². The van der Waals surface area contributed by atoms with Crippen molar-refractivity contribution in [2.45, 2.75) is 7.43 Å². The van der Waals surface area contributed by atoms with Gasteiger partial charge in [-0.2, -0.15) is 0 Å². The maximum absolute atomic E-state index is 5.62. The van der Waals surface area contributed by atoms with Crippen molar-refractivity contribution in [1.82, 2.24) is 0 Å². The molecule has 3 rings (SSSR count). The van der Waals surface area contributed by atoms with Crippen molar-refractivity contribution in [1.29, 1.82) is 0 Å². The maximum atomic E-state index is 5.62. The quantitative estimate of drug-likeness (QED) is 0.604. The molecule has 0 bridgehead atoms. The van der Waals surface area contributed by atoms with Gasteiger partial charge in [0, 0.05) is 5.56 Å². The molecule has 0 aliphatic carbocycles. The fourth-order valence-electron chi connectivity index (χ4n) is 1.82. The molecule has 0 N–H and O–H groups in total. The summed E-state index contributed by atoms with van der Waals surface area (Å²) in [4.78, 5) is 0. The van der Waals surface area contributed by atoms with Crippen LogP contribution >= 0.6 is 0 Å². The van der Waals surface area contributed by atoms with E-state index >= 15 is 0 Å². The topological polar surface area (TPSA) is 20.5 Å². The molecule has 2 nitrogen and oxygen atoms in total. The van der Waals surface area contributed by atoms with E-state index in [9.17, 15) is 0 Å². The molecule has 3 heteroatoms. The van der Waals surface area contributed by atoms with Crippen LogP contribution in [0.2, 0.25) is 0 Å². The third-order valence-corrected chi connectivity index (χ3v) is 3.43. The van der Waals surface area contributed by atoms with Crippen LogP contribution in [0.3, 0.4) is 0 Å². The van der Waals surface area contributed by atoms with Crippen molar-refractivity contribution in [2.24, 2.45) is 0 Å². The fraction of sp³-hybridized carbons (Fsp3) is 0.0625. The van der Waals surface area contributed by atoms with Crippen LogP contribution in [-0.4, -0.2) is 15.8 Å². The highest BCUT2D eigenvalue weighted by Gasteiger charge is 2.15. The van der Waals surface area contributed by atoms with Crippen LogP contribution in [0, 0.1) is 0 Å². The van der Waals surface area contributed by atoms with Gasteiger partial charge in [-0.3, -0.25) is 0 Å². The molecule has 19 heavy (non-hydrogen) atoms. The largest absolute Gasteiger partial charge is 0.618 e. The average Bonchev–Trinajstić information content (AvgIpc) is 2.49. The predicted octanol–water partition coefficient (Wildman–Crippen LogP) is 3.38. The number of benzene rings is 2. The first kappa shape index (κ1) is 13.3. The van der Waals surface area contributed by atoms with Gasteiger partial charge in [-0.1, -0.05) is 56.0 Å². The Morgan fingerprint density at radius 1 is 0.789 bits per heavy atom. The number of carbonyl (C=O) groups excluding carboxylic acids is 1. The Balaban J connectivity index is 0.00000133. The summed E-state index contributed by atoms with van der Waals surface area (Å²) in [6.07, 6.45) is 1.96. The molecule has 0 amide bonds. The lowest BCUT2D eigenvalue weighted by atomic mass is 10.1. The van der Waals surface area contributed by atoms with E-state index in [1.54, 1.807) is 0 Å². The van der Waals surface area contributed by atoms with Crippen LogP contribution in [-0.2, 0) is 4.43 Å². The van der Waals surface area contributed by atoms with Crippen molar-refractivity contribution in [3.8, 4) is 0 Å². The fourth-order valence-corrected chi connectivity index (χ4v) is 2.49. The molecule has 0 atom stereocenters. The summed E-state index contributed by atoms with van der Waals surface area (Å²) in [6.45, 7) is 0. The van der Waals surface area contributed by atoms with Crippen molar-refractivity contribution < 1.29 is 8.54 Å². The lowest BCUT2D eigenvalue weighted by molar-refractivity contribution is -0.101.